The number of para-hydroxylation sites is 2. The summed E-state index contributed by atoms with van der Waals surface area (Å²) in [6.45, 7) is 4.38. The maximum atomic E-state index is 12.0. The molecule has 0 unspecified atom stereocenters. The highest BCUT2D eigenvalue weighted by atomic mass is 16.5. The van der Waals surface area contributed by atoms with Crippen molar-refractivity contribution in [1.82, 2.24) is 5.32 Å². The minimum Gasteiger partial charge on any atom is -0.482 e. The molecule has 3 N–H and O–H groups in total. The van der Waals surface area contributed by atoms with Crippen LogP contribution >= 0.6 is 0 Å². The van der Waals surface area contributed by atoms with Crippen LogP contribution in [0, 0.1) is 0 Å². The van der Waals surface area contributed by atoms with Gasteiger partial charge in [-0.2, -0.15) is 0 Å². The Balaban J connectivity index is 1.72. The van der Waals surface area contributed by atoms with Crippen molar-refractivity contribution in [3.05, 3.63) is 24.3 Å². The van der Waals surface area contributed by atoms with Crippen LogP contribution in [0.25, 0.3) is 0 Å². The molecule has 1 aromatic rings. The van der Waals surface area contributed by atoms with E-state index in [-0.39, 0.29) is 12.5 Å². The first-order valence-corrected chi connectivity index (χ1v) is 8.78. The molecule has 0 saturated carbocycles. The third kappa shape index (κ3) is 5.44. The average molecular weight is 332 g/mol. The van der Waals surface area contributed by atoms with E-state index in [4.69, 9.17) is 10.5 Å². The van der Waals surface area contributed by atoms with Gasteiger partial charge in [0.05, 0.1) is 5.69 Å². The second-order valence-electron chi connectivity index (χ2n) is 5.91. The third-order valence-electron chi connectivity index (χ3n) is 3.97. The Morgan fingerprint density at radius 3 is 2.96 bits per heavy atom. The Hall–Kier alpha value is -2.24. The fraction of sp³-hybridized carbons (Fsp3) is 0.556. The average Bonchev–Trinajstić information content (AvgIpc) is 2.60. The predicted octanol–water partition coefficient (Wildman–Crippen LogP) is 2.29. The fourth-order valence-electron chi connectivity index (χ4n) is 2.65. The van der Waals surface area contributed by atoms with E-state index in [1.807, 2.05) is 24.3 Å². The molecule has 0 radical (unpaired) electrons. The van der Waals surface area contributed by atoms with Crippen molar-refractivity contribution in [1.29, 1.82) is 0 Å². The maximum Gasteiger partial charge on any atom is 0.265 e. The summed E-state index contributed by atoms with van der Waals surface area (Å²) in [5.41, 5.74) is 6.68. The van der Waals surface area contributed by atoms with Gasteiger partial charge < -0.3 is 20.7 Å². The minimum atomic E-state index is -0.0142. The molecule has 0 aromatic heterocycles. The van der Waals surface area contributed by atoms with Gasteiger partial charge in [0.1, 0.15) is 5.75 Å². The van der Waals surface area contributed by atoms with E-state index in [1.165, 1.54) is 19.3 Å². The van der Waals surface area contributed by atoms with Gasteiger partial charge in [-0.15, -0.1) is 0 Å². The molecule has 1 amide bonds. The SMILES string of the molecule is CCCCCCNC(N)=NCCCN1C(=O)COc2ccccc21. The van der Waals surface area contributed by atoms with Crippen LogP contribution in [0.3, 0.4) is 0 Å². The van der Waals surface area contributed by atoms with E-state index in [9.17, 15) is 4.79 Å². The minimum absolute atomic E-state index is 0.0142. The summed E-state index contributed by atoms with van der Waals surface area (Å²) < 4.78 is 5.43. The summed E-state index contributed by atoms with van der Waals surface area (Å²) in [7, 11) is 0. The van der Waals surface area contributed by atoms with Crippen molar-refractivity contribution in [2.24, 2.45) is 10.7 Å². The molecule has 132 valence electrons. The maximum absolute atomic E-state index is 12.0. The molecule has 0 fully saturated rings. The van der Waals surface area contributed by atoms with Crippen molar-refractivity contribution in [2.75, 3.05) is 31.1 Å². The highest BCUT2D eigenvalue weighted by Gasteiger charge is 2.24. The Morgan fingerprint density at radius 1 is 1.29 bits per heavy atom. The summed E-state index contributed by atoms with van der Waals surface area (Å²) in [6, 6.07) is 7.60. The third-order valence-corrected chi connectivity index (χ3v) is 3.97. The molecule has 6 heteroatoms. The number of anilines is 1. The normalized spacial score (nSPS) is 14.3. The molecule has 1 aliphatic rings. The van der Waals surface area contributed by atoms with Crippen molar-refractivity contribution in [2.45, 2.75) is 39.0 Å². The Bertz CT molecular complexity index is 560. The lowest BCUT2D eigenvalue weighted by molar-refractivity contribution is -0.121. The Kier molecular flexibility index (Phi) is 7.39. The van der Waals surface area contributed by atoms with Gasteiger partial charge in [-0.05, 0) is 25.0 Å². The largest absolute Gasteiger partial charge is 0.482 e. The van der Waals surface area contributed by atoms with Crippen molar-refractivity contribution in [3.8, 4) is 5.75 Å². The van der Waals surface area contributed by atoms with Gasteiger partial charge in [0, 0.05) is 19.6 Å². The van der Waals surface area contributed by atoms with Gasteiger partial charge in [-0.3, -0.25) is 9.79 Å². The number of nitrogens with one attached hydrogen (secondary N) is 1. The number of amides is 1. The Morgan fingerprint density at radius 2 is 2.12 bits per heavy atom. The number of carbonyl (C=O) groups is 1. The molecule has 6 nitrogen and oxygen atoms in total. The number of unbranched alkanes of at least 4 members (excludes halogenated alkanes) is 3. The van der Waals surface area contributed by atoms with E-state index in [0.29, 0.717) is 19.0 Å². The van der Waals surface area contributed by atoms with Crippen LogP contribution in [0.4, 0.5) is 5.69 Å². The quantitative estimate of drug-likeness (QED) is 0.413. The van der Waals surface area contributed by atoms with Crippen molar-refractivity contribution < 1.29 is 9.53 Å². The molecule has 0 atom stereocenters. The van der Waals surface area contributed by atoms with Gasteiger partial charge in [0.15, 0.2) is 12.6 Å². The number of aliphatic imine (C=N–C) groups is 1. The lowest BCUT2D eigenvalue weighted by Crippen LogP contribution is -2.39. The Labute approximate surface area is 144 Å². The molecule has 2 rings (SSSR count). The number of ether oxygens (including phenoxy) is 1. The molecule has 1 aliphatic heterocycles. The summed E-state index contributed by atoms with van der Waals surface area (Å²) in [5, 5.41) is 3.13. The first kappa shape index (κ1) is 18.1. The molecule has 1 aromatic carbocycles. The lowest BCUT2D eigenvalue weighted by atomic mass is 10.2. The number of benzene rings is 1. The van der Waals surface area contributed by atoms with Crippen LogP contribution < -0.4 is 20.7 Å². The molecular weight excluding hydrogens is 304 g/mol. The molecule has 0 spiro atoms. The first-order chi connectivity index (χ1) is 11.7. The smallest absolute Gasteiger partial charge is 0.265 e. The first-order valence-electron chi connectivity index (χ1n) is 8.78. The monoisotopic (exact) mass is 332 g/mol. The zero-order valence-electron chi connectivity index (χ0n) is 14.5. The highest BCUT2D eigenvalue weighted by Crippen LogP contribution is 2.31. The van der Waals surface area contributed by atoms with E-state index in [1.54, 1.807) is 4.90 Å². The van der Waals surface area contributed by atoms with Crippen LogP contribution in [0.5, 0.6) is 5.75 Å². The predicted molar refractivity (Wildman–Crippen MR) is 97.5 cm³/mol. The summed E-state index contributed by atoms with van der Waals surface area (Å²) in [4.78, 5) is 18.1. The molecule has 1 heterocycles. The van der Waals surface area contributed by atoms with Crippen LogP contribution in [-0.4, -0.2) is 38.1 Å². The van der Waals surface area contributed by atoms with Gasteiger partial charge in [-0.25, -0.2) is 0 Å². The number of guanidine groups is 1. The number of fused-ring (bicyclic) bond motifs is 1. The summed E-state index contributed by atoms with van der Waals surface area (Å²) in [6.07, 6.45) is 5.58. The second kappa shape index (κ2) is 9.80. The zero-order valence-corrected chi connectivity index (χ0v) is 14.5. The lowest BCUT2D eigenvalue weighted by Gasteiger charge is -2.29. The van der Waals surface area contributed by atoms with Gasteiger partial charge in [-0.1, -0.05) is 38.3 Å². The standard InChI is InChI=1S/C18H28N4O2/c1-2-3-4-7-11-20-18(19)21-12-8-13-22-15-9-5-6-10-16(15)24-14-17(22)23/h5-6,9-10H,2-4,7-8,11-14H2,1H3,(H3,19,20,21). The van der Waals surface area contributed by atoms with Gasteiger partial charge in [0.2, 0.25) is 0 Å². The van der Waals surface area contributed by atoms with E-state index >= 15 is 0 Å². The summed E-state index contributed by atoms with van der Waals surface area (Å²) >= 11 is 0. The number of rotatable bonds is 9. The van der Waals surface area contributed by atoms with Crippen LogP contribution in [-0.2, 0) is 4.79 Å². The van der Waals surface area contributed by atoms with Gasteiger partial charge >= 0.3 is 0 Å². The van der Waals surface area contributed by atoms with E-state index < -0.39 is 0 Å². The molecule has 24 heavy (non-hydrogen) atoms. The molecule has 0 aliphatic carbocycles. The molecule has 0 bridgehead atoms. The molecule has 0 saturated heterocycles. The number of hydrogen-bond donors (Lipinski definition) is 2. The van der Waals surface area contributed by atoms with E-state index in [2.05, 4.69) is 17.2 Å². The van der Waals surface area contributed by atoms with Gasteiger partial charge in [0.25, 0.3) is 5.91 Å². The highest BCUT2D eigenvalue weighted by molar-refractivity contribution is 5.97. The van der Waals surface area contributed by atoms with Crippen LogP contribution in [0.2, 0.25) is 0 Å². The zero-order chi connectivity index (χ0) is 17.2. The number of hydrogen-bond acceptors (Lipinski definition) is 3. The summed E-state index contributed by atoms with van der Waals surface area (Å²) in [5.74, 6) is 1.23. The van der Waals surface area contributed by atoms with E-state index in [0.717, 1.165) is 30.8 Å². The van der Waals surface area contributed by atoms with Crippen LogP contribution in [0.1, 0.15) is 39.0 Å². The second-order valence-corrected chi connectivity index (χ2v) is 5.91. The van der Waals surface area contributed by atoms with Crippen molar-refractivity contribution >= 4 is 17.6 Å². The molecular formula is C18H28N4O2. The number of nitrogens with zero attached hydrogens (tertiary/aromatic N) is 2. The fourth-order valence-corrected chi connectivity index (χ4v) is 2.65. The number of carbonyl (C=O) groups excluding carboxylic acids is 1. The van der Waals surface area contributed by atoms with Crippen molar-refractivity contribution in [3.63, 3.8) is 0 Å². The number of nitrogens with two attached hydrogens (primary N) is 1. The topological polar surface area (TPSA) is 80.0 Å². The van der Waals surface area contributed by atoms with Crippen LogP contribution in [0.15, 0.2) is 29.3 Å².